The van der Waals surface area contributed by atoms with Crippen molar-refractivity contribution in [1.29, 1.82) is 0 Å². The molecule has 3 rings (SSSR count). The SMILES string of the molecule is CN(C)CCSCc1ccc(-c2cccc(-c3ccc(C(=O)NCCN)cc3)n2)cc1. The van der Waals surface area contributed by atoms with Gasteiger partial charge < -0.3 is 16.0 Å². The van der Waals surface area contributed by atoms with E-state index in [4.69, 9.17) is 10.7 Å². The van der Waals surface area contributed by atoms with Crippen LogP contribution in [0.4, 0.5) is 0 Å². The maximum Gasteiger partial charge on any atom is 0.251 e. The number of amides is 1. The number of nitrogens with one attached hydrogen (secondary N) is 1. The molecule has 0 saturated carbocycles. The zero-order chi connectivity index (χ0) is 22.1. The van der Waals surface area contributed by atoms with E-state index in [1.54, 1.807) is 0 Å². The normalized spacial score (nSPS) is 11.0. The zero-order valence-electron chi connectivity index (χ0n) is 18.2. The molecule has 0 unspecified atom stereocenters. The van der Waals surface area contributed by atoms with Crippen molar-refractivity contribution in [3.63, 3.8) is 0 Å². The Morgan fingerprint density at radius 3 is 2.16 bits per heavy atom. The van der Waals surface area contributed by atoms with Crippen LogP contribution in [0.1, 0.15) is 15.9 Å². The van der Waals surface area contributed by atoms with Crippen molar-refractivity contribution in [3.8, 4) is 22.5 Å². The lowest BCUT2D eigenvalue weighted by molar-refractivity contribution is 0.0955. The largest absolute Gasteiger partial charge is 0.351 e. The molecule has 0 radical (unpaired) electrons. The lowest BCUT2D eigenvalue weighted by atomic mass is 10.1. The zero-order valence-corrected chi connectivity index (χ0v) is 19.0. The number of nitrogens with two attached hydrogens (primary N) is 1. The molecule has 1 amide bonds. The van der Waals surface area contributed by atoms with Gasteiger partial charge in [-0.15, -0.1) is 0 Å². The molecule has 0 spiro atoms. The van der Waals surface area contributed by atoms with Gasteiger partial charge in [-0.05, 0) is 43.9 Å². The number of pyridine rings is 1. The molecule has 2 aromatic carbocycles. The lowest BCUT2D eigenvalue weighted by Gasteiger charge is -2.09. The first-order valence-corrected chi connectivity index (χ1v) is 11.6. The van der Waals surface area contributed by atoms with Crippen molar-refractivity contribution < 1.29 is 4.79 Å². The smallest absolute Gasteiger partial charge is 0.251 e. The molecule has 31 heavy (non-hydrogen) atoms. The van der Waals surface area contributed by atoms with E-state index in [2.05, 4.69) is 48.6 Å². The summed E-state index contributed by atoms with van der Waals surface area (Å²) < 4.78 is 0. The van der Waals surface area contributed by atoms with Crippen molar-refractivity contribution in [2.75, 3.05) is 39.5 Å². The summed E-state index contributed by atoms with van der Waals surface area (Å²) in [4.78, 5) is 19.1. The summed E-state index contributed by atoms with van der Waals surface area (Å²) in [7, 11) is 4.20. The van der Waals surface area contributed by atoms with Crippen LogP contribution in [0.2, 0.25) is 0 Å². The summed E-state index contributed by atoms with van der Waals surface area (Å²) in [6.07, 6.45) is 0. The fourth-order valence-electron chi connectivity index (χ4n) is 3.05. The number of aromatic nitrogens is 1. The van der Waals surface area contributed by atoms with Crippen LogP contribution in [-0.2, 0) is 5.75 Å². The first kappa shape index (κ1) is 23.0. The van der Waals surface area contributed by atoms with Crippen LogP contribution in [0.25, 0.3) is 22.5 Å². The summed E-state index contributed by atoms with van der Waals surface area (Å²) >= 11 is 1.95. The van der Waals surface area contributed by atoms with Gasteiger partial charge in [0.05, 0.1) is 11.4 Å². The van der Waals surface area contributed by atoms with Gasteiger partial charge in [0.15, 0.2) is 0 Å². The topological polar surface area (TPSA) is 71.2 Å². The molecular weight excluding hydrogens is 404 g/mol. The Balaban J connectivity index is 1.66. The Labute approximate surface area is 189 Å². The summed E-state index contributed by atoms with van der Waals surface area (Å²) in [5.74, 6) is 2.04. The minimum atomic E-state index is -0.112. The molecule has 0 bridgehead atoms. The van der Waals surface area contributed by atoms with E-state index in [1.165, 1.54) is 5.56 Å². The number of thioether (sulfide) groups is 1. The van der Waals surface area contributed by atoms with Crippen LogP contribution in [0.5, 0.6) is 0 Å². The lowest BCUT2D eigenvalue weighted by Crippen LogP contribution is -2.28. The number of nitrogens with zero attached hydrogens (tertiary/aromatic N) is 2. The Morgan fingerprint density at radius 1 is 0.968 bits per heavy atom. The minimum absolute atomic E-state index is 0.112. The predicted octanol–water partition coefficient (Wildman–Crippen LogP) is 3.90. The molecule has 6 heteroatoms. The molecular formula is C25H30N4OS. The monoisotopic (exact) mass is 434 g/mol. The third kappa shape index (κ3) is 6.92. The Bertz CT molecular complexity index is 972. The summed E-state index contributed by atoms with van der Waals surface area (Å²) in [5.41, 5.74) is 11.3. The highest BCUT2D eigenvalue weighted by atomic mass is 32.2. The molecule has 0 aliphatic heterocycles. The molecule has 0 aliphatic rings. The standard InChI is InChI=1S/C25H30N4OS/c1-29(2)16-17-31-18-19-6-8-20(9-7-19)23-4-3-5-24(28-23)21-10-12-22(13-11-21)25(30)27-15-14-26/h3-13H,14-18,26H2,1-2H3,(H,27,30). The maximum atomic E-state index is 12.0. The minimum Gasteiger partial charge on any atom is -0.351 e. The van der Waals surface area contributed by atoms with Crippen LogP contribution in [0, 0.1) is 0 Å². The highest BCUT2D eigenvalue weighted by Gasteiger charge is 2.07. The van der Waals surface area contributed by atoms with Gasteiger partial charge in [0.25, 0.3) is 5.91 Å². The van der Waals surface area contributed by atoms with Gasteiger partial charge in [0.2, 0.25) is 0 Å². The van der Waals surface area contributed by atoms with Crippen LogP contribution in [0.15, 0.2) is 66.7 Å². The summed E-state index contributed by atoms with van der Waals surface area (Å²) in [6, 6.07) is 22.2. The fraction of sp³-hybridized carbons (Fsp3) is 0.280. The van der Waals surface area contributed by atoms with Crippen molar-refractivity contribution >= 4 is 17.7 Å². The molecule has 5 nitrogen and oxygen atoms in total. The Hall–Kier alpha value is -2.67. The first-order valence-electron chi connectivity index (χ1n) is 10.4. The van der Waals surface area contributed by atoms with Gasteiger partial charge in [-0.1, -0.05) is 42.5 Å². The third-order valence-electron chi connectivity index (χ3n) is 4.82. The van der Waals surface area contributed by atoms with Crippen LogP contribution < -0.4 is 11.1 Å². The molecule has 3 aromatic rings. The maximum absolute atomic E-state index is 12.0. The van der Waals surface area contributed by atoms with Crippen LogP contribution >= 0.6 is 11.8 Å². The highest BCUT2D eigenvalue weighted by Crippen LogP contribution is 2.24. The van der Waals surface area contributed by atoms with Gasteiger partial charge in [0, 0.05) is 47.8 Å². The average Bonchev–Trinajstić information content (AvgIpc) is 2.81. The van der Waals surface area contributed by atoms with Crippen molar-refractivity contribution in [2.45, 2.75) is 5.75 Å². The van der Waals surface area contributed by atoms with E-state index in [9.17, 15) is 4.79 Å². The molecule has 1 heterocycles. The molecule has 0 saturated heterocycles. The third-order valence-corrected chi connectivity index (χ3v) is 5.83. The van der Waals surface area contributed by atoms with Gasteiger partial charge in [-0.2, -0.15) is 11.8 Å². The second kappa shape index (κ2) is 11.6. The second-order valence-electron chi connectivity index (χ2n) is 7.58. The first-order chi connectivity index (χ1) is 15.1. The molecule has 0 fully saturated rings. The summed E-state index contributed by atoms with van der Waals surface area (Å²) in [6.45, 7) is 1.99. The highest BCUT2D eigenvalue weighted by molar-refractivity contribution is 7.98. The van der Waals surface area contributed by atoms with Crippen molar-refractivity contribution in [3.05, 3.63) is 77.9 Å². The molecule has 0 aliphatic carbocycles. The molecule has 0 atom stereocenters. The van der Waals surface area contributed by atoms with Crippen LogP contribution in [-0.4, -0.2) is 55.3 Å². The summed E-state index contributed by atoms with van der Waals surface area (Å²) in [5, 5.41) is 2.78. The average molecular weight is 435 g/mol. The number of carbonyl (C=O) groups is 1. The predicted molar refractivity (Wildman–Crippen MR) is 131 cm³/mol. The molecule has 162 valence electrons. The van der Waals surface area contributed by atoms with E-state index in [1.807, 2.05) is 54.2 Å². The van der Waals surface area contributed by atoms with Gasteiger partial charge in [0.1, 0.15) is 0 Å². The van der Waals surface area contributed by atoms with Gasteiger partial charge >= 0.3 is 0 Å². The number of hydrogen-bond donors (Lipinski definition) is 2. The van der Waals surface area contributed by atoms with E-state index < -0.39 is 0 Å². The number of carbonyl (C=O) groups excluding carboxylic acids is 1. The Kier molecular flexibility index (Phi) is 8.64. The van der Waals surface area contributed by atoms with Crippen molar-refractivity contribution in [2.24, 2.45) is 5.73 Å². The van der Waals surface area contributed by atoms with Crippen LogP contribution in [0.3, 0.4) is 0 Å². The number of hydrogen-bond acceptors (Lipinski definition) is 5. The second-order valence-corrected chi connectivity index (χ2v) is 8.69. The van der Waals surface area contributed by atoms with Gasteiger partial charge in [-0.25, -0.2) is 4.98 Å². The van der Waals surface area contributed by atoms with E-state index >= 15 is 0 Å². The van der Waals surface area contributed by atoms with Crippen molar-refractivity contribution in [1.82, 2.24) is 15.2 Å². The Morgan fingerprint density at radius 2 is 1.58 bits per heavy atom. The van der Waals surface area contributed by atoms with E-state index in [0.29, 0.717) is 18.7 Å². The number of rotatable bonds is 10. The van der Waals surface area contributed by atoms with Gasteiger partial charge in [-0.3, -0.25) is 4.79 Å². The quantitative estimate of drug-likeness (QED) is 0.474. The van der Waals surface area contributed by atoms with E-state index in [0.717, 1.165) is 40.6 Å². The molecule has 1 aromatic heterocycles. The van der Waals surface area contributed by atoms with E-state index in [-0.39, 0.29) is 5.91 Å². The molecule has 3 N–H and O–H groups in total. The fourth-order valence-corrected chi connectivity index (χ4v) is 4.11. The number of benzene rings is 2.